The normalized spacial score (nSPS) is 12.0. The summed E-state index contributed by atoms with van der Waals surface area (Å²) in [6.07, 6.45) is 0. The molecule has 0 aliphatic carbocycles. The Morgan fingerprint density at radius 3 is 1.52 bits per heavy atom. The van der Waals surface area contributed by atoms with E-state index in [1.165, 1.54) is 38.3 Å². The molecule has 5 heteroatoms. The van der Waals surface area contributed by atoms with Gasteiger partial charge < -0.3 is 4.40 Å². The first kappa shape index (κ1) is 26.8. The molecule has 0 bridgehead atoms. The number of para-hydroxylation sites is 2. The lowest BCUT2D eigenvalue weighted by Crippen LogP contribution is -2.06. The summed E-state index contributed by atoms with van der Waals surface area (Å²) in [6.45, 7) is 4.19. The van der Waals surface area contributed by atoms with Crippen LogP contribution >= 0.6 is 0 Å². The van der Waals surface area contributed by atoms with E-state index in [0.29, 0.717) is 17.6 Å². The van der Waals surface area contributed by atoms with Gasteiger partial charge in [-0.05, 0) is 43.5 Å². The monoisotopic (exact) mass is 615 g/mol. The van der Waals surface area contributed by atoms with Crippen LogP contribution < -0.4 is 0 Å². The number of hydrogen-bond acceptors (Lipinski definition) is 3. The Hall–Kier alpha value is -6.33. The van der Waals surface area contributed by atoms with Gasteiger partial charge in [0.1, 0.15) is 0 Å². The summed E-state index contributed by atoms with van der Waals surface area (Å²) in [6, 6.07) is 49.7. The number of rotatable bonds is 3. The molecule has 5 nitrogen and oxygen atoms in total. The molecule has 48 heavy (non-hydrogen) atoms. The van der Waals surface area contributed by atoms with E-state index in [1.807, 2.05) is 0 Å². The molecule has 0 unspecified atom stereocenters. The number of hydrogen-bond donors (Lipinski definition) is 0. The largest absolute Gasteiger partial charge is 0.309 e. The highest BCUT2D eigenvalue weighted by atomic mass is 15.2. The van der Waals surface area contributed by atoms with E-state index in [4.69, 9.17) is 15.0 Å². The minimum atomic E-state index is 0.597. The molecule has 10 rings (SSSR count). The van der Waals surface area contributed by atoms with E-state index in [-0.39, 0.29) is 0 Å². The number of fused-ring (bicyclic) bond motifs is 12. The molecule has 4 aromatic heterocycles. The van der Waals surface area contributed by atoms with Crippen molar-refractivity contribution in [2.45, 2.75) is 13.8 Å². The molecular formula is C43H29N5. The number of benzene rings is 6. The third-order valence-corrected chi connectivity index (χ3v) is 9.70. The third kappa shape index (κ3) is 3.88. The van der Waals surface area contributed by atoms with Gasteiger partial charge in [0.15, 0.2) is 11.6 Å². The highest BCUT2D eigenvalue weighted by Crippen LogP contribution is 2.40. The molecule has 6 aromatic carbocycles. The first-order valence-electron chi connectivity index (χ1n) is 16.3. The van der Waals surface area contributed by atoms with E-state index in [9.17, 15) is 0 Å². The standard InChI is InChI=1S/C43H29N5/c1-26-15-19-28(20-16-26)41-44-42(29-21-17-27(2)18-22-29)46-43(45-41)48-37-14-8-6-12-33(37)34-23-24-38-35(40(34)48)25-39-32-11-4-3-9-30(32)31-10-5-7-13-36(31)47(38)39/h3-25H,1-2H3. The Labute approximate surface area is 276 Å². The van der Waals surface area contributed by atoms with E-state index < -0.39 is 0 Å². The van der Waals surface area contributed by atoms with E-state index in [1.54, 1.807) is 0 Å². The minimum absolute atomic E-state index is 0.597. The van der Waals surface area contributed by atoms with Crippen molar-refractivity contribution in [2.75, 3.05) is 0 Å². The molecule has 0 aliphatic rings. The number of aryl methyl sites for hydroxylation is 2. The van der Waals surface area contributed by atoms with Crippen molar-refractivity contribution >= 4 is 59.9 Å². The zero-order valence-electron chi connectivity index (χ0n) is 26.5. The van der Waals surface area contributed by atoms with E-state index in [0.717, 1.165) is 43.8 Å². The first-order chi connectivity index (χ1) is 23.6. The summed E-state index contributed by atoms with van der Waals surface area (Å²) in [5, 5.41) is 7.20. The molecule has 0 fully saturated rings. The molecule has 226 valence electrons. The fourth-order valence-electron chi connectivity index (χ4n) is 7.37. The topological polar surface area (TPSA) is 48.0 Å². The van der Waals surface area contributed by atoms with Crippen LogP contribution in [0.5, 0.6) is 0 Å². The predicted molar refractivity (Wildman–Crippen MR) is 198 cm³/mol. The molecule has 4 heterocycles. The van der Waals surface area contributed by atoms with Crippen molar-refractivity contribution in [1.29, 1.82) is 0 Å². The zero-order valence-corrected chi connectivity index (χ0v) is 26.5. The lowest BCUT2D eigenvalue weighted by atomic mass is 10.1. The Morgan fingerprint density at radius 1 is 0.396 bits per heavy atom. The average molecular weight is 616 g/mol. The Morgan fingerprint density at radius 2 is 0.896 bits per heavy atom. The molecule has 0 saturated carbocycles. The van der Waals surface area contributed by atoms with Gasteiger partial charge in [0, 0.05) is 38.1 Å². The average Bonchev–Trinajstić information content (AvgIpc) is 3.69. The smallest absolute Gasteiger partial charge is 0.238 e. The van der Waals surface area contributed by atoms with Gasteiger partial charge in [-0.3, -0.25) is 4.57 Å². The fraction of sp³-hybridized carbons (Fsp3) is 0.0465. The maximum atomic E-state index is 5.21. The van der Waals surface area contributed by atoms with Crippen molar-refractivity contribution in [3.05, 3.63) is 151 Å². The number of pyridine rings is 1. The SMILES string of the molecule is Cc1ccc(-c2nc(-c3ccc(C)cc3)nc(-n3c4ccccc4c4ccc5c(cc6c7ccccc7c7ccccc7n65)c43)n2)cc1. The van der Waals surface area contributed by atoms with Crippen LogP contribution in [0.4, 0.5) is 0 Å². The van der Waals surface area contributed by atoms with Gasteiger partial charge in [-0.15, -0.1) is 0 Å². The Balaban J connectivity index is 1.37. The summed E-state index contributed by atoms with van der Waals surface area (Å²) in [5.74, 6) is 1.89. The maximum Gasteiger partial charge on any atom is 0.238 e. The summed E-state index contributed by atoms with van der Waals surface area (Å²) in [5.41, 5.74) is 9.95. The van der Waals surface area contributed by atoms with Crippen LogP contribution in [0.15, 0.2) is 140 Å². The van der Waals surface area contributed by atoms with Gasteiger partial charge in [0.2, 0.25) is 5.95 Å². The summed E-state index contributed by atoms with van der Waals surface area (Å²) in [4.78, 5) is 15.5. The van der Waals surface area contributed by atoms with Gasteiger partial charge in [0.25, 0.3) is 0 Å². The van der Waals surface area contributed by atoms with Crippen molar-refractivity contribution in [1.82, 2.24) is 23.9 Å². The lowest BCUT2D eigenvalue weighted by molar-refractivity contribution is 0.955. The van der Waals surface area contributed by atoms with Gasteiger partial charge in [-0.25, -0.2) is 4.98 Å². The van der Waals surface area contributed by atoms with E-state index >= 15 is 0 Å². The maximum absolute atomic E-state index is 5.21. The van der Waals surface area contributed by atoms with Gasteiger partial charge in [-0.2, -0.15) is 9.97 Å². The zero-order chi connectivity index (χ0) is 31.9. The van der Waals surface area contributed by atoms with E-state index in [2.05, 4.69) is 162 Å². The molecule has 0 radical (unpaired) electrons. The number of aromatic nitrogens is 5. The molecule has 10 aromatic rings. The molecule has 0 amide bonds. The van der Waals surface area contributed by atoms with Crippen LogP contribution in [0, 0.1) is 13.8 Å². The minimum Gasteiger partial charge on any atom is -0.309 e. The molecule has 0 N–H and O–H groups in total. The third-order valence-electron chi connectivity index (χ3n) is 9.70. The molecule has 0 aliphatic heterocycles. The summed E-state index contributed by atoms with van der Waals surface area (Å²) < 4.78 is 4.66. The van der Waals surface area contributed by atoms with Crippen molar-refractivity contribution < 1.29 is 0 Å². The Kier molecular flexibility index (Phi) is 5.64. The second-order valence-corrected chi connectivity index (χ2v) is 12.7. The van der Waals surface area contributed by atoms with Crippen LogP contribution in [0.3, 0.4) is 0 Å². The predicted octanol–water partition coefficient (Wildman–Crippen LogP) is 10.6. The van der Waals surface area contributed by atoms with Crippen LogP contribution in [0.1, 0.15) is 11.1 Å². The highest BCUT2D eigenvalue weighted by Gasteiger charge is 2.22. The van der Waals surface area contributed by atoms with Crippen LogP contribution in [0.2, 0.25) is 0 Å². The highest BCUT2D eigenvalue weighted by molar-refractivity contribution is 6.22. The molecule has 0 atom stereocenters. The van der Waals surface area contributed by atoms with Crippen LogP contribution in [0.25, 0.3) is 88.6 Å². The number of nitrogens with zero attached hydrogens (tertiary/aromatic N) is 5. The second-order valence-electron chi connectivity index (χ2n) is 12.7. The second kappa shape index (κ2) is 10.1. The Bertz CT molecular complexity index is 2830. The van der Waals surface area contributed by atoms with Gasteiger partial charge in [-0.1, -0.05) is 126 Å². The summed E-state index contributed by atoms with van der Waals surface area (Å²) >= 11 is 0. The first-order valence-corrected chi connectivity index (χ1v) is 16.3. The van der Waals surface area contributed by atoms with Crippen molar-refractivity contribution in [3.8, 4) is 28.7 Å². The summed E-state index contributed by atoms with van der Waals surface area (Å²) in [7, 11) is 0. The fourth-order valence-corrected chi connectivity index (χ4v) is 7.37. The molecule has 0 spiro atoms. The van der Waals surface area contributed by atoms with Crippen molar-refractivity contribution in [3.63, 3.8) is 0 Å². The van der Waals surface area contributed by atoms with Gasteiger partial charge in [0.05, 0.1) is 27.6 Å². The van der Waals surface area contributed by atoms with Gasteiger partial charge >= 0.3 is 0 Å². The van der Waals surface area contributed by atoms with Crippen LogP contribution in [-0.2, 0) is 0 Å². The molecular weight excluding hydrogens is 587 g/mol. The lowest BCUT2D eigenvalue weighted by Gasteiger charge is -2.12. The van der Waals surface area contributed by atoms with Crippen LogP contribution in [-0.4, -0.2) is 23.9 Å². The van der Waals surface area contributed by atoms with Crippen molar-refractivity contribution in [2.24, 2.45) is 0 Å². The molecule has 0 saturated heterocycles. The quantitative estimate of drug-likeness (QED) is 0.186.